The number of amides is 3. The van der Waals surface area contributed by atoms with Crippen LogP contribution < -0.4 is 25.5 Å². The quantitative estimate of drug-likeness (QED) is 0.257. The molecule has 10 heteroatoms. The Labute approximate surface area is 220 Å². The third-order valence-electron chi connectivity index (χ3n) is 5.34. The number of benzene rings is 3. The van der Waals surface area contributed by atoms with Crippen molar-refractivity contribution in [2.45, 2.75) is 26.7 Å². The van der Waals surface area contributed by atoms with E-state index in [1.807, 2.05) is 32.0 Å². The summed E-state index contributed by atoms with van der Waals surface area (Å²) in [5.74, 6) is -1.12. The number of hydrogen-bond acceptors (Lipinski definition) is 6. The van der Waals surface area contributed by atoms with Gasteiger partial charge in [0, 0.05) is 18.5 Å². The van der Waals surface area contributed by atoms with Crippen LogP contribution in [0.1, 0.15) is 29.5 Å². The van der Waals surface area contributed by atoms with Gasteiger partial charge in [-0.2, -0.15) is 5.10 Å². The molecule has 3 N–H and O–H groups in total. The molecule has 198 valence electrons. The Morgan fingerprint density at radius 3 is 2.37 bits per heavy atom. The molecule has 0 saturated carbocycles. The van der Waals surface area contributed by atoms with Crippen molar-refractivity contribution in [1.29, 1.82) is 0 Å². The molecule has 0 aliphatic carbocycles. The number of ether oxygens (including phenoxy) is 2. The molecule has 0 unspecified atom stereocenters. The summed E-state index contributed by atoms with van der Waals surface area (Å²) in [6.07, 6.45) is 1.39. The van der Waals surface area contributed by atoms with E-state index in [1.54, 1.807) is 24.3 Å². The van der Waals surface area contributed by atoms with Crippen molar-refractivity contribution in [3.8, 4) is 11.5 Å². The smallest absolute Gasteiger partial charge is 0.262 e. The van der Waals surface area contributed by atoms with E-state index in [1.165, 1.54) is 31.5 Å². The molecule has 3 rings (SSSR count). The molecule has 0 fully saturated rings. The number of hydrogen-bond donors (Lipinski definition) is 3. The van der Waals surface area contributed by atoms with Crippen LogP contribution in [0.25, 0.3) is 0 Å². The average Bonchev–Trinajstić information content (AvgIpc) is 2.90. The number of carbonyl (C=O) groups excluding carboxylic acids is 3. The fraction of sp³-hybridized carbons (Fsp3) is 0.214. The van der Waals surface area contributed by atoms with E-state index in [4.69, 9.17) is 9.47 Å². The number of para-hydroxylation sites is 1. The van der Waals surface area contributed by atoms with Crippen LogP contribution in [-0.4, -0.2) is 37.7 Å². The van der Waals surface area contributed by atoms with Crippen molar-refractivity contribution >= 4 is 35.3 Å². The van der Waals surface area contributed by atoms with Crippen LogP contribution in [0.3, 0.4) is 0 Å². The first-order chi connectivity index (χ1) is 18.2. The van der Waals surface area contributed by atoms with Gasteiger partial charge in [0.2, 0.25) is 11.8 Å². The predicted molar refractivity (Wildman–Crippen MR) is 143 cm³/mol. The SMILES string of the molecule is COc1cc(C=NNC(=O)CCC(=O)Nc2cc(C)ccc2C)ccc1OCC(=O)Nc1ccccc1F. The van der Waals surface area contributed by atoms with E-state index >= 15 is 0 Å². The Kier molecular flexibility index (Phi) is 9.93. The summed E-state index contributed by atoms with van der Waals surface area (Å²) in [5, 5.41) is 9.16. The maximum atomic E-state index is 13.7. The molecular weight excluding hydrogens is 491 g/mol. The number of halogens is 1. The lowest BCUT2D eigenvalue weighted by molar-refractivity contribution is -0.124. The molecular formula is C28H29FN4O5. The number of rotatable bonds is 11. The standard InChI is InChI=1S/C28H29FN4O5/c1-18-8-9-19(2)23(14-18)32-26(34)12-13-27(35)33-30-16-20-10-11-24(25(15-20)37-3)38-17-28(36)31-22-7-5-4-6-21(22)29/h4-11,14-16H,12-13,17H2,1-3H3,(H,31,36)(H,32,34)(H,33,35). The summed E-state index contributed by atoms with van der Waals surface area (Å²) in [4.78, 5) is 36.4. The fourth-order valence-electron chi connectivity index (χ4n) is 3.32. The third-order valence-corrected chi connectivity index (χ3v) is 5.34. The largest absolute Gasteiger partial charge is 0.493 e. The predicted octanol–water partition coefficient (Wildman–Crippen LogP) is 4.34. The molecule has 3 aromatic carbocycles. The van der Waals surface area contributed by atoms with Gasteiger partial charge in [-0.1, -0.05) is 24.3 Å². The van der Waals surface area contributed by atoms with E-state index in [2.05, 4.69) is 21.2 Å². The molecule has 0 aliphatic heterocycles. The summed E-state index contributed by atoms with van der Waals surface area (Å²) in [7, 11) is 1.44. The molecule has 38 heavy (non-hydrogen) atoms. The van der Waals surface area contributed by atoms with Gasteiger partial charge in [-0.3, -0.25) is 14.4 Å². The van der Waals surface area contributed by atoms with Gasteiger partial charge in [-0.15, -0.1) is 0 Å². The van der Waals surface area contributed by atoms with Crippen molar-refractivity contribution in [3.05, 3.63) is 83.2 Å². The maximum Gasteiger partial charge on any atom is 0.262 e. The summed E-state index contributed by atoms with van der Waals surface area (Å²) in [5.41, 5.74) is 5.73. The highest BCUT2D eigenvalue weighted by Crippen LogP contribution is 2.27. The van der Waals surface area contributed by atoms with Crippen LogP contribution in [0, 0.1) is 19.7 Å². The highest BCUT2D eigenvalue weighted by molar-refractivity contribution is 5.94. The first-order valence-corrected chi connectivity index (χ1v) is 11.8. The lowest BCUT2D eigenvalue weighted by Gasteiger charge is -2.11. The molecule has 0 bridgehead atoms. The number of anilines is 2. The first-order valence-electron chi connectivity index (χ1n) is 11.8. The zero-order valence-electron chi connectivity index (χ0n) is 21.3. The van der Waals surface area contributed by atoms with Gasteiger partial charge in [0.1, 0.15) is 5.82 Å². The van der Waals surface area contributed by atoms with Gasteiger partial charge < -0.3 is 20.1 Å². The normalized spacial score (nSPS) is 10.6. The minimum Gasteiger partial charge on any atom is -0.493 e. The zero-order valence-corrected chi connectivity index (χ0v) is 21.3. The van der Waals surface area contributed by atoms with Crippen molar-refractivity contribution in [2.75, 3.05) is 24.4 Å². The maximum absolute atomic E-state index is 13.7. The van der Waals surface area contributed by atoms with Crippen molar-refractivity contribution in [3.63, 3.8) is 0 Å². The molecule has 3 amide bonds. The van der Waals surface area contributed by atoms with Gasteiger partial charge in [-0.05, 0) is 66.9 Å². The Morgan fingerprint density at radius 1 is 0.868 bits per heavy atom. The van der Waals surface area contributed by atoms with E-state index in [0.29, 0.717) is 17.1 Å². The molecule has 9 nitrogen and oxygen atoms in total. The van der Waals surface area contributed by atoms with E-state index in [9.17, 15) is 18.8 Å². The second kappa shape index (κ2) is 13.5. The Balaban J connectivity index is 1.46. The average molecular weight is 521 g/mol. The van der Waals surface area contributed by atoms with E-state index in [-0.39, 0.29) is 31.0 Å². The second-order valence-electron chi connectivity index (χ2n) is 8.39. The minimum absolute atomic E-state index is 0.0130. The van der Waals surface area contributed by atoms with Crippen LogP contribution in [0.15, 0.2) is 65.8 Å². The van der Waals surface area contributed by atoms with Gasteiger partial charge in [0.25, 0.3) is 5.91 Å². The highest BCUT2D eigenvalue weighted by Gasteiger charge is 2.11. The van der Waals surface area contributed by atoms with Crippen LogP contribution in [0.5, 0.6) is 11.5 Å². The number of methoxy groups -OCH3 is 1. The monoisotopic (exact) mass is 520 g/mol. The molecule has 0 aliphatic rings. The zero-order chi connectivity index (χ0) is 27.5. The first kappa shape index (κ1) is 27.9. The van der Waals surface area contributed by atoms with E-state index < -0.39 is 17.6 Å². The molecule has 0 atom stereocenters. The van der Waals surface area contributed by atoms with Crippen molar-refractivity contribution in [1.82, 2.24) is 5.43 Å². The van der Waals surface area contributed by atoms with Gasteiger partial charge in [0.05, 0.1) is 19.0 Å². The van der Waals surface area contributed by atoms with Crippen molar-refractivity contribution in [2.24, 2.45) is 5.10 Å². The Bertz CT molecular complexity index is 1340. The second-order valence-corrected chi connectivity index (χ2v) is 8.39. The van der Waals surface area contributed by atoms with Gasteiger partial charge >= 0.3 is 0 Å². The lowest BCUT2D eigenvalue weighted by atomic mass is 10.1. The summed E-state index contributed by atoms with van der Waals surface area (Å²) < 4.78 is 24.5. The van der Waals surface area contributed by atoms with Gasteiger partial charge in [0.15, 0.2) is 18.1 Å². The number of carbonyl (C=O) groups is 3. The number of hydrazone groups is 1. The van der Waals surface area contributed by atoms with Crippen LogP contribution >= 0.6 is 0 Å². The molecule has 0 spiro atoms. The molecule has 0 aromatic heterocycles. The fourth-order valence-corrected chi connectivity index (χ4v) is 3.32. The topological polar surface area (TPSA) is 118 Å². The number of nitrogens with zero attached hydrogens (tertiary/aromatic N) is 1. The molecule has 0 radical (unpaired) electrons. The highest BCUT2D eigenvalue weighted by atomic mass is 19.1. The third kappa shape index (κ3) is 8.44. The van der Waals surface area contributed by atoms with Crippen LogP contribution in [0.2, 0.25) is 0 Å². The summed E-state index contributed by atoms with van der Waals surface area (Å²) >= 11 is 0. The molecule has 3 aromatic rings. The molecule has 0 saturated heterocycles. The summed E-state index contributed by atoms with van der Waals surface area (Å²) in [6, 6.07) is 16.4. The van der Waals surface area contributed by atoms with E-state index in [0.717, 1.165) is 16.8 Å². The number of nitrogens with one attached hydrogen (secondary N) is 3. The van der Waals surface area contributed by atoms with Crippen molar-refractivity contribution < 1.29 is 28.2 Å². The Morgan fingerprint density at radius 2 is 1.61 bits per heavy atom. The summed E-state index contributed by atoms with van der Waals surface area (Å²) in [6.45, 7) is 3.48. The van der Waals surface area contributed by atoms with Crippen LogP contribution in [-0.2, 0) is 14.4 Å². The Hall–Kier alpha value is -4.73. The molecule has 0 heterocycles. The number of aryl methyl sites for hydroxylation is 2. The minimum atomic E-state index is -0.547. The van der Waals surface area contributed by atoms with Crippen LogP contribution in [0.4, 0.5) is 15.8 Å². The van der Waals surface area contributed by atoms with Gasteiger partial charge in [-0.25, -0.2) is 9.82 Å². The lowest BCUT2D eigenvalue weighted by Crippen LogP contribution is -2.21.